The van der Waals surface area contributed by atoms with E-state index in [1.807, 2.05) is 13.8 Å². The van der Waals surface area contributed by atoms with Gasteiger partial charge in [0.2, 0.25) is 5.91 Å². The molecule has 1 rings (SSSR count). The highest BCUT2D eigenvalue weighted by Crippen LogP contribution is 2.10. The summed E-state index contributed by atoms with van der Waals surface area (Å²) >= 11 is 0. The van der Waals surface area contributed by atoms with Gasteiger partial charge >= 0.3 is 0 Å². The molecule has 0 saturated carbocycles. The fraction of sp³-hybridized carbons (Fsp3) is 0.429. The lowest BCUT2D eigenvalue weighted by molar-refractivity contribution is -0.117. The van der Waals surface area contributed by atoms with Gasteiger partial charge < -0.3 is 0 Å². The second-order valence-corrected chi connectivity index (χ2v) is 2.29. The zero-order valence-corrected chi connectivity index (χ0v) is 5.64. The maximum absolute atomic E-state index is 10.6. The maximum atomic E-state index is 10.6. The molecule has 0 atom stereocenters. The molecule has 0 aromatic carbocycles. The number of carbonyl (C=O) groups is 1. The molecular weight excluding hydrogens is 114 g/mol. The van der Waals surface area contributed by atoms with Crippen molar-refractivity contribution in [1.82, 2.24) is 0 Å². The highest BCUT2D eigenvalue weighted by molar-refractivity contribution is 5.96. The molecule has 2 nitrogen and oxygen atoms in total. The van der Waals surface area contributed by atoms with Gasteiger partial charge in [-0.3, -0.25) is 4.79 Å². The van der Waals surface area contributed by atoms with Gasteiger partial charge in [-0.05, 0) is 19.4 Å². The molecule has 0 radical (unpaired) electrons. The molecule has 1 aliphatic rings. The zero-order chi connectivity index (χ0) is 6.85. The summed E-state index contributed by atoms with van der Waals surface area (Å²) in [5.41, 5.74) is 2.25. The first-order valence-corrected chi connectivity index (χ1v) is 2.93. The molecule has 9 heavy (non-hydrogen) atoms. The maximum Gasteiger partial charge on any atom is 0.249 e. The van der Waals surface area contributed by atoms with E-state index in [9.17, 15) is 4.79 Å². The summed E-state index contributed by atoms with van der Waals surface area (Å²) in [6, 6.07) is 0. The van der Waals surface area contributed by atoms with E-state index >= 15 is 0 Å². The number of dihydropyridines is 1. The number of hydrogen-bond acceptors (Lipinski definition) is 1. The second-order valence-electron chi connectivity index (χ2n) is 2.29. The minimum Gasteiger partial charge on any atom is -0.272 e. The van der Waals surface area contributed by atoms with Crippen molar-refractivity contribution in [3.8, 4) is 0 Å². The lowest BCUT2D eigenvalue weighted by Gasteiger charge is -2.04. The van der Waals surface area contributed by atoms with Crippen LogP contribution in [0.15, 0.2) is 16.1 Å². The standard InChI is InChI=1S/C7H9NO/c1-5-3-7(9)8-4-6(5)2/h4H,3H2,1-2H3. The van der Waals surface area contributed by atoms with Crippen LogP contribution in [0.25, 0.3) is 0 Å². The zero-order valence-electron chi connectivity index (χ0n) is 5.64. The van der Waals surface area contributed by atoms with Crippen LogP contribution >= 0.6 is 0 Å². The number of hydrogen-bond donors (Lipinski definition) is 0. The first-order chi connectivity index (χ1) is 4.20. The van der Waals surface area contributed by atoms with Crippen molar-refractivity contribution in [2.75, 3.05) is 0 Å². The minimum atomic E-state index is -0.0295. The molecule has 0 N–H and O–H groups in total. The van der Waals surface area contributed by atoms with Gasteiger partial charge in [-0.1, -0.05) is 5.57 Å². The Balaban J connectivity index is 2.87. The first kappa shape index (κ1) is 6.20. The molecule has 0 aliphatic carbocycles. The average molecular weight is 123 g/mol. The summed E-state index contributed by atoms with van der Waals surface area (Å²) in [6.07, 6.45) is 2.13. The highest BCUT2D eigenvalue weighted by atomic mass is 16.1. The number of amides is 1. The van der Waals surface area contributed by atoms with E-state index in [2.05, 4.69) is 4.99 Å². The Labute approximate surface area is 54.3 Å². The fourth-order valence-electron chi connectivity index (χ4n) is 0.691. The number of allylic oxidation sites excluding steroid dienone is 1. The molecule has 0 saturated heterocycles. The SMILES string of the molecule is CC1=C(C)CC(=O)N=C1. The van der Waals surface area contributed by atoms with Crippen LogP contribution in [0.5, 0.6) is 0 Å². The topological polar surface area (TPSA) is 29.4 Å². The molecule has 0 bridgehead atoms. The van der Waals surface area contributed by atoms with E-state index in [4.69, 9.17) is 0 Å². The summed E-state index contributed by atoms with van der Waals surface area (Å²) < 4.78 is 0. The Morgan fingerprint density at radius 1 is 1.56 bits per heavy atom. The smallest absolute Gasteiger partial charge is 0.249 e. The van der Waals surface area contributed by atoms with Crippen LogP contribution in [0.3, 0.4) is 0 Å². The Morgan fingerprint density at radius 3 is 2.67 bits per heavy atom. The number of carbonyl (C=O) groups excluding carboxylic acids is 1. The molecule has 0 aromatic rings. The van der Waals surface area contributed by atoms with E-state index < -0.39 is 0 Å². The van der Waals surface area contributed by atoms with Crippen molar-refractivity contribution in [3.05, 3.63) is 11.1 Å². The predicted molar refractivity (Wildman–Crippen MR) is 36.5 cm³/mol. The summed E-state index contributed by atoms with van der Waals surface area (Å²) in [7, 11) is 0. The van der Waals surface area contributed by atoms with Crippen LogP contribution in [0.4, 0.5) is 0 Å². The highest BCUT2D eigenvalue weighted by Gasteiger charge is 2.06. The van der Waals surface area contributed by atoms with Crippen LogP contribution in [0, 0.1) is 0 Å². The van der Waals surface area contributed by atoms with Gasteiger partial charge in [0, 0.05) is 6.21 Å². The van der Waals surface area contributed by atoms with Gasteiger partial charge in [0.15, 0.2) is 0 Å². The lowest BCUT2D eigenvalue weighted by atomic mass is 10.1. The van der Waals surface area contributed by atoms with Crippen molar-refractivity contribution in [2.24, 2.45) is 4.99 Å². The van der Waals surface area contributed by atoms with Crippen LogP contribution < -0.4 is 0 Å². The quantitative estimate of drug-likeness (QED) is 0.477. The second kappa shape index (κ2) is 2.13. The summed E-state index contributed by atoms with van der Waals surface area (Å²) in [6.45, 7) is 3.92. The third-order valence-corrected chi connectivity index (χ3v) is 1.49. The van der Waals surface area contributed by atoms with E-state index in [-0.39, 0.29) is 5.91 Å². The van der Waals surface area contributed by atoms with Crippen molar-refractivity contribution in [3.63, 3.8) is 0 Å². The number of aliphatic imine (C=N–C) groups is 1. The van der Waals surface area contributed by atoms with Gasteiger partial charge in [0.1, 0.15) is 0 Å². The minimum absolute atomic E-state index is 0.0295. The number of rotatable bonds is 0. The van der Waals surface area contributed by atoms with Crippen molar-refractivity contribution < 1.29 is 4.79 Å². The molecule has 0 unspecified atom stereocenters. The molecule has 48 valence electrons. The molecule has 0 fully saturated rings. The Morgan fingerprint density at radius 2 is 2.22 bits per heavy atom. The number of nitrogens with zero attached hydrogens (tertiary/aromatic N) is 1. The van der Waals surface area contributed by atoms with E-state index in [1.54, 1.807) is 6.21 Å². The largest absolute Gasteiger partial charge is 0.272 e. The Bertz CT molecular complexity index is 201. The molecule has 1 heterocycles. The van der Waals surface area contributed by atoms with E-state index in [0.29, 0.717) is 6.42 Å². The van der Waals surface area contributed by atoms with Gasteiger partial charge in [-0.15, -0.1) is 0 Å². The molecule has 0 aromatic heterocycles. The van der Waals surface area contributed by atoms with Crippen LogP contribution in [-0.4, -0.2) is 12.1 Å². The van der Waals surface area contributed by atoms with Crippen LogP contribution in [0.2, 0.25) is 0 Å². The van der Waals surface area contributed by atoms with Crippen LogP contribution in [0.1, 0.15) is 20.3 Å². The third-order valence-electron chi connectivity index (χ3n) is 1.49. The first-order valence-electron chi connectivity index (χ1n) is 2.93. The summed E-state index contributed by atoms with van der Waals surface area (Å²) in [4.78, 5) is 14.2. The molecule has 2 heteroatoms. The monoisotopic (exact) mass is 123 g/mol. The van der Waals surface area contributed by atoms with E-state index in [0.717, 1.165) is 11.1 Å². The Hall–Kier alpha value is -0.920. The lowest BCUT2D eigenvalue weighted by Crippen LogP contribution is -2.02. The van der Waals surface area contributed by atoms with Gasteiger partial charge in [-0.2, -0.15) is 0 Å². The van der Waals surface area contributed by atoms with Crippen molar-refractivity contribution in [2.45, 2.75) is 20.3 Å². The van der Waals surface area contributed by atoms with Gasteiger partial charge in [0.05, 0.1) is 6.42 Å². The van der Waals surface area contributed by atoms with Gasteiger partial charge in [0.25, 0.3) is 0 Å². The van der Waals surface area contributed by atoms with Crippen molar-refractivity contribution >= 4 is 12.1 Å². The third kappa shape index (κ3) is 1.25. The predicted octanol–water partition coefficient (Wildman–Crippen LogP) is 1.32. The van der Waals surface area contributed by atoms with E-state index in [1.165, 1.54) is 0 Å². The Kier molecular flexibility index (Phi) is 1.47. The fourth-order valence-corrected chi connectivity index (χ4v) is 0.691. The molecule has 0 spiro atoms. The molecular formula is C7H9NO. The summed E-state index contributed by atoms with van der Waals surface area (Å²) in [5, 5.41) is 0. The summed E-state index contributed by atoms with van der Waals surface area (Å²) in [5.74, 6) is -0.0295. The van der Waals surface area contributed by atoms with Crippen molar-refractivity contribution in [1.29, 1.82) is 0 Å². The average Bonchev–Trinajstić information content (AvgIpc) is 1.80. The van der Waals surface area contributed by atoms with Gasteiger partial charge in [-0.25, -0.2) is 4.99 Å². The molecule has 1 amide bonds. The normalized spacial score (nSPS) is 19.1. The molecule has 1 aliphatic heterocycles. The van der Waals surface area contributed by atoms with Crippen LogP contribution in [-0.2, 0) is 4.79 Å².